The zero-order valence-corrected chi connectivity index (χ0v) is 8.27. The Hall–Kier alpha value is -1.77. The van der Waals surface area contributed by atoms with E-state index in [4.69, 9.17) is 5.11 Å². The number of phenolic OH excluding ortho intramolecular Hbond substituents is 1. The molecule has 3 heteroatoms. The highest BCUT2D eigenvalue weighted by molar-refractivity contribution is 6.04. The summed E-state index contributed by atoms with van der Waals surface area (Å²) in [7, 11) is 3.68. The normalized spacial score (nSPS) is 10.4. The van der Waals surface area contributed by atoms with Gasteiger partial charge in [0, 0.05) is 31.9 Å². The molecule has 14 heavy (non-hydrogen) atoms. The number of nitrogens with zero attached hydrogens (tertiary/aromatic N) is 1. The number of hydrogen-bond acceptors (Lipinski definition) is 3. The molecule has 1 N–H and O–H groups in total. The maximum absolute atomic E-state index is 11.5. The molecule has 0 spiro atoms. The van der Waals surface area contributed by atoms with Crippen molar-refractivity contribution in [1.29, 1.82) is 0 Å². The molecule has 1 aromatic carbocycles. The molecule has 0 aliphatic heterocycles. The lowest BCUT2D eigenvalue weighted by molar-refractivity contribution is 0.104. The Kier molecular flexibility index (Phi) is 3.29. The lowest BCUT2D eigenvalue weighted by Gasteiger charge is -2.02. The van der Waals surface area contributed by atoms with E-state index in [9.17, 15) is 4.79 Å². The van der Waals surface area contributed by atoms with Gasteiger partial charge in [0.2, 0.25) is 0 Å². The fourth-order valence-electron chi connectivity index (χ4n) is 0.972. The van der Waals surface area contributed by atoms with Crippen LogP contribution in [0.1, 0.15) is 10.4 Å². The molecule has 0 aliphatic carbocycles. The molecule has 74 valence electrons. The van der Waals surface area contributed by atoms with E-state index in [-0.39, 0.29) is 11.5 Å². The first kappa shape index (κ1) is 10.3. The molecule has 0 unspecified atom stereocenters. The predicted octanol–water partition coefficient (Wildman–Crippen LogP) is 1.65. The van der Waals surface area contributed by atoms with Crippen molar-refractivity contribution in [2.45, 2.75) is 0 Å². The maximum atomic E-state index is 11.5. The zero-order chi connectivity index (χ0) is 10.6. The average molecular weight is 191 g/mol. The van der Waals surface area contributed by atoms with Gasteiger partial charge in [-0.25, -0.2) is 0 Å². The number of carbonyl (C=O) groups is 1. The van der Waals surface area contributed by atoms with Crippen molar-refractivity contribution in [2.75, 3.05) is 14.1 Å². The quantitative estimate of drug-likeness (QED) is 0.583. The molecule has 0 bridgehead atoms. The van der Waals surface area contributed by atoms with Crippen molar-refractivity contribution < 1.29 is 9.90 Å². The van der Waals surface area contributed by atoms with Gasteiger partial charge in [0.05, 0.1) is 0 Å². The number of hydrogen-bond donors (Lipinski definition) is 1. The van der Waals surface area contributed by atoms with Crippen LogP contribution in [0.4, 0.5) is 0 Å². The summed E-state index contributed by atoms with van der Waals surface area (Å²) >= 11 is 0. The van der Waals surface area contributed by atoms with Crippen LogP contribution in [0.15, 0.2) is 36.5 Å². The third-order valence-electron chi connectivity index (χ3n) is 1.65. The maximum Gasteiger partial charge on any atom is 0.187 e. The topological polar surface area (TPSA) is 40.5 Å². The van der Waals surface area contributed by atoms with Crippen molar-refractivity contribution in [3.05, 3.63) is 42.1 Å². The van der Waals surface area contributed by atoms with Crippen molar-refractivity contribution in [3.63, 3.8) is 0 Å². The number of allylic oxidation sites excluding steroid dienone is 1. The van der Waals surface area contributed by atoms with Gasteiger partial charge in [-0.1, -0.05) is 12.1 Å². The Bertz CT molecular complexity index is 356. The molecule has 1 rings (SSSR count). The van der Waals surface area contributed by atoms with E-state index < -0.39 is 0 Å². The second kappa shape index (κ2) is 4.46. The first-order valence-corrected chi connectivity index (χ1v) is 4.27. The second-order valence-electron chi connectivity index (χ2n) is 3.19. The highest BCUT2D eigenvalue weighted by Crippen LogP contribution is 2.11. The standard InChI is InChI=1S/C11H13NO2/c1-12(2)7-6-11(14)9-4-3-5-10(13)8-9/h3-8,13H,1-2H3/b7-6+. The summed E-state index contributed by atoms with van der Waals surface area (Å²) in [6.07, 6.45) is 3.14. The van der Waals surface area contributed by atoms with Crippen molar-refractivity contribution in [1.82, 2.24) is 4.90 Å². The largest absolute Gasteiger partial charge is 0.508 e. The summed E-state index contributed by atoms with van der Waals surface area (Å²) in [5, 5.41) is 9.15. The molecule has 0 saturated carbocycles. The highest BCUT2D eigenvalue weighted by Gasteiger charge is 2.01. The average Bonchev–Trinajstić information content (AvgIpc) is 2.14. The summed E-state index contributed by atoms with van der Waals surface area (Å²) in [6, 6.07) is 6.29. The number of ketones is 1. The Morgan fingerprint density at radius 3 is 2.71 bits per heavy atom. The fourth-order valence-corrected chi connectivity index (χ4v) is 0.972. The van der Waals surface area contributed by atoms with Crippen molar-refractivity contribution in [3.8, 4) is 5.75 Å². The van der Waals surface area contributed by atoms with Crippen LogP contribution in [-0.4, -0.2) is 29.9 Å². The molecule has 0 aliphatic rings. The van der Waals surface area contributed by atoms with Gasteiger partial charge in [0.1, 0.15) is 5.75 Å². The van der Waals surface area contributed by atoms with Crippen LogP contribution in [0, 0.1) is 0 Å². The minimum absolute atomic E-state index is 0.106. The molecule has 0 fully saturated rings. The molecule has 0 aromatic heterocycles. The Morgan fingerprint density at radius 2 is 2.14 bits per heavy atom. The predicted molar refractivity (Wildman–Crippen MR) is 55.3 cm³/mol. The van der Waals surface area contributed by atoms with E-state index in [1.54, 1.807) is 23.2 Å². The zero-order valence-electron chi connectivity index (χ0n) is 8.27. The van der Waals surface area contributed by atoms with Gasteiger partial charge in [0.25, 0.3) is 0 Å². The van der Waals surface area contributed by atoms with Crippen LogP contribution in [0.5, 0.6) is 5.75 Å². The SMILES string of the molecule is CN(C)/C=C/C(=O)c1cccc(O)c1. The van der Waals surface area contributed by atoms with Gasteiger partial charge in [-0.2, -0.15) is 0 Å². The number of benzene rings is 1. The number of carbonyl (C=O) groups excluding carboxylic acids is 1. The summed E-state index contributed by atoms with van der Waals surface area (Å²) in [4.78, 5) is 13.3. The second-order valence-corrected chi connectivity index (χ2v) is 3.19. The minimum atomic E-state index is -0.116. The molecule has 1 aromatic rings. The summed E-state index contributed by atoms with van der Waals surface area (Å²) < 4.78 is 0. The molecule has 0 heterocycles. The number of aromatic hydroxyl groups is 1. The summed E-state index contributed by atoms with van der Waals surface area (Å²) in [6.45, 7) is 0. The molecular weight excluding hydrogens is 178 g/mol. The highest BCUT2D eigenvalue weighted by atomic mass is 16.3. The van der Waals surface area contributed by atoms with Crippen LogP contribution in [0.25, 0.3) is 0 Å². The summed E-state index contributed by atoms with van der Waals surface area (Å²) in [5.74, 6) is -0.0105. The van der Waals surface area contributed by atoms with E-state index >= 15 is 0 Å². The third kappa shape index (κ3) is 2.94. The van der Waals surface area contributed by atoms with E-state index in [1.165, 1.54) is 18.2 Å². The van der Waals surface area contributed by atoms with Gasteiger partial charge in [-0.15, -0.1) is 0 Å². The molecule has 0 radical (unpaired) electrons. The van der Waals surface area contributed by atoms with E-state index in [2.05, 4.69) is 0 Å². The first-order valence-electron chi connectivity index (χ1n) is 4.27. The fraction of sp³-hybridized carbons (Fsp3) is 0.182. The van der Waals surface area contributed by atoms with Crippen LogP contribution in [0.2, 0.25) is 0 Å². The lowest BCUT2D eigenvalue weighted by Crippen LogP contribution is -2.02. The molecular formula is C11H13NO2. The first-order chi connectivity index (χ1) is 6.59. The summed E-state index contributed by atoms with van der Waals surface area (Å²) in [5.41, 5.74) is 0.489. The van der Waals surface area contributed by atoms with Crippen LogP contribution >= 0.6 is 0 Å². The smallest absolute Gasteiger partial charge is 0.187 e. The van der Waals surface area contributed by atoms with Gasteiger partial charge in [-0.3, -0.25) is 4.79 Å². The monoisotopic (exact) mass is 191 g/mol. The van der Waals surface area contributed by atoms with Gasteiger partial charge < -0.3 is 10.0 Å². The number of phenols is 1. The van der Waals surface area contributed by atoms with Gasteiger partial charge in [-0.05, 0) is 12.1 Å². The van der Waals surface area contributed by atoms with E-state index in [0.29, 0.717) is 5.56 Å². The van der Waals surface area contributed by atoms with E-state index in [0.717, 1.165) is 0 Å². The van der Waals surface area contributed by atoms with Crippen LogP contribution < -0.4 is 0 Å². The van der Waals surface area contributed by atoms with E-state index in [1.807, 2.05) is 14.1 Å². The lowest BCUT2D eigenvalue weighted by atomic mass is 10.1. The third-order valence-corrected chi connectivity index (χ3v) is 1.65. The Morgan fingerprint density at radius 1 is 1.43 bits per heavy atom. The van der Waals surface area contributed by atoms with Crippen molar-refractivity contribution >= 4 is 5.78 Å². The molecule has 0 atom stereocenters. The van der Waals surface area contributed by atoms with Crippen molar-refractivity contribution in [2.24, 2.45) is 0 Å². The minimum Gasteiger partial charge on any atom is -0.508 e. The Labute approximate surface area is 83.3 Å². The molecule has 3 nitrogen and oxygen atoms in total. The molecule has 0 amide bonds. The molecule has 0 saturated heterocycles. The number of rotatable bonds is 3. The van der Waals surface area contributed by atoms with Gasteiger partial charge >= 0.3 is 0 Å². The van der Waals surface area contributed by atoms with Crippen LogP contribution in [-0.2, 0) is 0 Å². The van der Waals surface area contributed by atoms with Crippen LogP contribution in [0.3, 0.4) is 0 Å². The Balaban J connectivity index is 2.80. The van der Waals surface area contributed by atoms with Gasteiger partial charge in [0.15, 0.2) is 5.78 Å².